The summed E-state index contributed by atoms with van der Waals surface area (Å²) in [6, 6.07) is 7.25. The van der Waals surface area contributed by atoms with E-state index < -0.39 is 11.6 Å². The van der Waals surface area contributed by atoms with E-state index in [1.807, 2.05) is 26.8 Å². The zero-order chi connectivity index (χ0) is 19.5. The molecule has 0 radical (unpaired) electrons. The number of piperazine rings is 1. The molecule has 1 saturated heterocycles. The number of ether oxygens (including phenoxy) is 1. The van der Waals surface area contributed by atoms with Gasteiger partial charge in [0, 0.05) is 32.2 Å². The maximum absolute atomic E-state index is 12.4. The van der Waals surface area contributed by atoms with Gasteiger partial charge >= 0.3 is 12.1 Å². The normalized spacial score (nSPS) is 18.8. The molecule has 0 saturated carbocycles. The maximum Gasteiger partial charge on any atom is 0.410 e. The average molecular weight is 362 g/mol. The van der Waals surface area contributed by atoms with Crippen LogP contribution in [0.1, 0.15) is 50.5 Å². The van der Waals surface area contributed by atoms with E-state index in [-0.39, 0.29) is 12.1 Å². The van der Waals surface area contributed by atoms with Crippen LogP contribution in [0.4, 0.5) is 4.79 Å². The van der Waals surface area contributed by atoms with Crippen LogP contribution in [0.3, 0.4) is 0 Å². The number of hydrogen-bond donors (Lipinski definition) is 1. The zero-order valence-corrected chi connectivity index (χ0v) is 16.4. The summed E-state index contributed by atoms with van der Waals surface area (Å²) in [5.74, 6) is -0.551. The standard InChI is InChI=1S/C20H30N2O4/c1-14(2)17-13-22(19(25)26-20(3,4)5)10-9-21(17)12-15-7-6-8-16(11-15)18(23)24/h6-8,11,14,17H,9-10,12-13H2,1-5H3,(H,23,24). The fourth-order valence-electron chi connectivity index (χ4n) is 3.21. The van der Waals surface area contributed by atoms with Crippen LogP contribution in [0, 0.1) is 5.92 Å². The summed E-state index contributed by atoms with van der Waals surface area (Å²) in [6.45, 7) is 12.5. The van der Waals surface area contributed by atoms with Crippen LogP contribution < -0.4 is 0 Å². The van der Waals surface area contributed by atoms with E-state index in [4.69, 9.17) is 4.74 Å². The first-order valence-corrected chi connectivity index (χ1v) is 9.11. The number of nitrogens with zero attached hydrogens (tertiary/aromatic N) is 2. The van der Waals surface area contributed by atoms with E-state index in [0.717, 1.165) is 12.1 Å². The third kappa shape index (κ3) is 5.46. The Morgan fingerprint density at radius 2 is 1.96 bits per heavy atom. The second kappa shape index (κ2) is 8.08. The lowest BCUT2D eigenvalue weighted by atomic mass is 9.98. The highest BCUT2D eigenvalue weighted by Crippen LogP contribution is 2.22. The number of carbonyl (C=O) groups is 2. The Kier molecular flexibility index (Phi) is 6.29. The van der Waals surface area contributed by atoms with Gasteiger partial charge in [-0.15, -0.1) is 0 Å². The van der Waals surface area contributed by atoms with Crippen molar-refractivity contribution in [1.29, 1.82) is 0 Å². The summed E-state index contributed by atoms with van der Waals surface area (Å²) in [4.78, 5) is 27.7. The van der Waals surface area contributed by atoms with Gasteiger partial charge in [0.2, 0.25) is 0 Å². The van der Waals surface area contributed by atoms with Crippen molar-refractivity contribution in [3.05, 3.63) is 35.4 Å². The van der Waals surface area contributed by atoms with Crippen LogP contribution in [0.5, 0.6) is 0 Å². The molecule has 1 aliphatic rings. The van der Waals surface area contributed by atoms with E-state index in [0.29, 0.717) is 31.1 Å². The van der Waals surface area contributed by atoms with Crippen molar-refractivity contribution in [1.82, 2.24) is 9.80 Å². The van der Waals surface area contributed by atoms with Gasteiger partial charge in [0.15, 0.2) is 0 Å². The van der Waals surface area contributed by atoms with E-state index in [9.17, 15) is 14.7 Å². The van der Waals surface area contributed by atoms with Gasteiger partial charge in [-0.25, -0.2) is 9.59 Å². The molecule has 1 heterocycles. The molecule has 144 valence electrons. The minimum absolute atomic E-state index is 0.199. The maximum atomic E-state index is 12.4. The van der Waals surface area contributed by atoms with Gasteiger partial charge in [0.25, 0.3) is 0 Å². The van der Waals surface area contributed by atoms with E-state index in [1.54, 1.807) is 23.1 Å². The second-order valence-corrected chi connectivity index (χ2v) is 8.21. The fourth-order valence-corrected chi connectivity index (χ4v) is 3.21. The van der Waals surface area contributed by atoms with E-state index in [2.05, 4.69) is 18.7 Å². The minimum Gasteiger partial charge on any atom is -0.478 e. The van der Waals surface area contributed by atoms with Gasteiger partial charge in [-0.3, -0.25) is 4.90 Å². The predicted molar refractivity (Wildman–Crippen MR) is 100 cm³/mol. The molecule has 6 heteroatoms. The number of amides is 1. The summed E-state index contributed by atoms with van der Waals surface area (Å²) in [5, 5.41) is 9.17. The highest BCUT2D eigenvalue weighted by molar-refractivity contribution is 5.87. The van der Waals surface area contributed by atoms with Gasteiger partial charge in [-0.1, -0.05) is 26.0 Å². The number of rotatable bonds is 4. The molecule has 1 aliphatic heterocycles. The summed E-state index contributed by atoms with van der Waals surface area (Å²) in [5.41, 5.74) is 0.774. The largest absolute Gasteiger partial charge is 0.478 e. The van der Waals surface area contributed by atoms with Crippen LogP contribution in [-0.2, 0) is 11.3 Å². The summed E-state index contributed by atoms with van der Waals surface area (Å²) in [7, 11) is 0. The molecule has 26 heavy (non-hydrogen) atoms. The van der Waals surface area contributed by atoms with Crippen molar-refractivity contribution < 1.29 is 19.4 Å². The molecule has 6 nitrogen and oxygen atoms in total. The number of carbonyl (C=O) groups excluding carboxylic acids is 1. The number of aromatic carboxylic acids is 1. The molecule has 1 N–H and O–H groups in total. The number of benzene rings is 1. The van der Waals surface area contributed by atoms with Crippen LogP contribution in [-0.4, -0.2) is 58.2 Å². The van der Waals surface area contributed by atoms with Gasteiger partial charge in [-0.05, 0) is 44.4 Å². The molecule has 1 unspecified atom stereocenters. The lowest BCUT2D eigenvalue weighted by Crippen LogP contribution is -2.56. The molecule has 0 bridgehead atoms. The fraction of sp³-hybridized carbons (Fsp3) is 0.600. The predicted octanol–water partition coefficient (Wildman–Crippen LogP) is 3.46. The Hall–Kier alpha value is -2.08. The number of carboxylic acid groups (broad SMARTS) is 1. The lowest BCUT2D eigenvalue weighted by Gasteiger charge is -2.43. The van der Waals surface area contributed by atoms with Crippen LogP contribution in [0.2, 0.25) is 0 Å². The van der Waals surface area contributed by atoms with Crippen molar-refractivity contribution >= 4 is 12.1 Å². The summed E-state index contributed by atoms with van der Waals surface area (Å²) < 4.78 is 5.50. The van der Waals surface area contributed by atoms with Gasteiger partial charge in [0.1, 0.15) is 5.60 Å². The minimum atomic E-state index is -0.915. The van der Waals surface area contributed by atoms with E-state index in [1.165, 1.54) is 0 Å². The lowest BCUT2D eigenvalue weighted by molar-refractivity contribution is -0.00429. The number of hydrogen-bond acceptors (Lipinski definition) is 4. The molecular formula is C20H30N2O4. The molecule has 1 amide bonds. The molecule has 0 aliphatic carbocycles. The highest BCUT2D eigenvalue weighted by Gasteiger charge is 2.33. The molecule has 1 atom stereocenters. The third-order valence-electron chi connectivity index (χ3n) is 4.51. The van der Waals surface area contributed by atoms with Crippen LogP contribution in [0.15, 0.2) is 24.3 Å². The monoisotopic (exact) mass is 362 g/mol. The first-order valence-electron chi connectivity index (χ1n) is 9.11. The quantitative estimate of drug-likeness (QED) is 0.888. The van der Waals surface area contributed by atoms with Crippen LogP contribution in [0.25, 0.3) is 0 Å². The average Bonchev–Trinajstić information content (AvgIpc) is 2.53. The van der Waals surface area contributed by atoms with Crippen LogP contribution >= 0.6 is 0 Å². The van der Waals surface area contributed by atoms with E-state index >= 15 is 0 Å². The Morgan fingerprint density at radius 3 is 2.54 bits per heavy atom. The van der Waals surface area contributed by atoms with Crippen molar-refractivity contribution in [2.45, 2.75) is 52.8 Å². The van der Waals surface area contributed by atoms with Crippen molar-refractivity contribution in [2.24, 2.45) is 5.92 Å². The van der Waals surface area contributed by atoms with Gasteiger partial charge < -0.3 is 14.7 Å². The Balaban J connectivity index is 2.08. The highest BCUT2D eigenvalue weighted by atomic mass is 16.6. The SMILES string of the molecule is CC(C)C1CN(C(=O)OC(C)(C)C)CCN1Cc1cccc(C(=O)O)c1. The van der Waals surface area contributed by atoms with Crippen molar-refractivity contribution in [3.8, 4) is 0 Å². The molecule has 1 fully saturated rings. The molecule has 0 spiro atoms. The van der Waals surface area contributed by atoms with Gasteiger partial charge in [0.05, 0.1) is 5.56 Å². The molecular weight excluding hydrogens is 332 g/mol. The van der Waals surface area contributed by atoms with Crippen molar-refractivity contribution in [2.75, 3.05) is 19.6 Å². The van der Waals surface area contributed by atoms with Gasteiger partial charge in [-0.2, -0.15) is 0 Å². The summed E-state index contributed by atoms with van der Waals surface area (Å²) in [6.07, 6.45) is -0.268. The smallest absolute Gasteiger partial charge is 0.410 e. The molecule has 2 rings (SSSR count). The second-order valence-electron chi connectivity index (χ2n) is 8.21. The first kappa shape index (κ1) is 20.2. The Labute approximate surface area is 155 Å². The van der Waals surface area contributed by atoms with Crippen molar-refractivity contribution in [3.63, 3.8) is 0 Å². The zero-order valence-electron chi connectivity index (χ0n) is 16.4. The first-order chi connectivity index (χ1) is 12.1. The Morgan fingerprint density at radius 1 is 1.27 bits per heavy atom. The molecule has 0 aromatic heterocycles. The molecule has 1 aromatic carbocycles. The third-order valence-corrected chi connectivity index (χ3v) is 4.51. The topological polar surface area (TPSA) is 70.1 Å². The molecule has 1 aromatic rings. The summed E-state index contributed by atoms with van der Waals surface area (Å²) >= 11 is 0. The Bertz CT molecular complexity index is 651. The number of carboxylic acids is 1.